The van der Waals surface area contributed by atoms with E-state index in [0.717, 1.165) is 6.07 Å². The van der Waals surface area contributed by atoms with Crippen LogP contribution in [0.3, 0.4) is 0 Å². The van der Waals surface area contributed by atoms with Crippen LogP contribution in [-0.2, 0) is 19.1 Å². The lowest BCUT2D eigenvalue weighted by atomic mass is 9.91. The molecule has 0 aromatic heterocycles. The maximum atomic E-state index is 14.5. The summed E-state index contributed by atoms with van der Waals surface area (Å²) in [7, 11) is 0. The quantitative estimate of drug-likeness (QED) is 0.807. The van der Waals surface area contributed by atoms with Gasteiger partial charge >= 0.3 is 12.1 Å². The van der Waals surface area contributed by atoms with Crippen molar-refractivity contribution in [1.82, 2.24) is 10.2 Å². The van der Waals surface area contributed by atoms with E-state index < -0.39 is 29.7 Å². The third-order valence-electron chi connectivity index (χ3n) is 4.42. The van der Waals surface area contributed by atoms with Crippen LogP contribution in [0.5, 0.6) is 0 Å². The fourth-order valence-electron chi connectivity index (χ4n) is 3.14. The van der Waals surface area contributed by atoms with Crippen molar-refractivity contribution < 1.29 is 32.6 Å². The molecule has 0 bridgehead atoms. The third-order valence-corrected chi connectivity index (χ3v) is 4.42. The van der Waals surface area contributed by atoms with Gasteiger partial charge in [-0.15, -0.1) is 0 Å². The highest BCUT2D eigenvalue weighted by Crippen LogP contribution is 2.33. The smallest absolute Gasteiger partial charge is 0.407 e. The summed E-state index contributed by atoms with van der Waals surface area (Å²) in [6.07, 6.45) is 1.37. The molecule has 144 valence electrons. The maximum absolute atomic E-state index is 14.5. The van der Waals surface area contributed by atoms with Gasteiger partial charge in [-0.2, -0.15) is 0 Å². The van der Waals surface area contributed by atoms with Crippen LogP contribution in [0.4, 0.5) is 13.6 Å². The van der Waals surface area contributed by atoms with Crippen molar-refractivity contribution in [1.29, 1.82) is 0 Å². The van der Waals surface area contributed by atoms with Crippen LogP contribution in [0.15, 0.2) is 18.2 Å². The second kappa shape index (κ2) is 7.73. The Kier molecular flexibility index (Phi) is 5.38. The Morgan fingerprint density at radius 1 is 1.37 bits per heavy atom. The molecule has 1 atom stereocenters. The number of nitrogens with one attached hydrogen (secondary N) is 1. The molecule has 0 saturated carbocycles. The first kappa shape index (κ1) is 18.8. The standard InChI is InChI=1S/C18H18F2N2O5/c1-10(23)26-9-16(24)22-4-2-11(3-5-22)17-13(6-12(19)7-14(17)20)15-8-27-18(25)21-15/h2,6-7,15H,3-5,8-9H2,1H3,(H,21,25). The lowest BCUT2D eigenvalue weighted by molar-refractivity contribution is -0.150. The van der Waals surface area contributed by atoms with Crippen molar-refractivity contribution in [2.45, 2.75) is 19.4 Å². The highest BCUT2D eigenvalue weighted by atomic mass is 19.1. The number of hydrogen-bond acceptors (Lipinski definition) is 5. The fourth-order valence-corrected chi connectivity index (χ4v) is 3.14. The van der Waals surface area contributed by atoms with Crippen molar-refractivity contribution in [3.8, 4) is 0 Å². The van der Waals surface area contributed by atoms with E-state index in [-0.39, 0.29) is 31.2 Å². The molecule has 1 aromatic carbocycles. The van der Waals surface area contributed by atoms with E-state index in [1.54, 1.807) is 6.08 Å². The van der Waals surface area contributed by atoms with Crippen molar-refractivity contribution in [3.05, 3.63) is 41.0 Å². The van der Waals surface area contributed by atoms with E-state index in [1.165, 1.54) is 17.9 Å². The predicted octanol–water partition coefficient (Wildman–Crippen LogP) is 1.92. The van der Waals surface area contributed by atoms with Crippen LogP contribution in [0.1, 0.15) is 30.5 Å². The van der Waals surface area contributed by atoms with Gasteiger partial charge in [0, 0.05) is 31.6 Å². The Morgan fingerprint density at radius 2 is 2.15 bits per heavy atom. The van der Waals surface area contributed by atoms with E-state index in [9.17, 15) is 23.2 Å². The molecule has 1 aromatic rings. The van der Waals surface area contributed by atoms with Crippen LogP contribution in [0.25, 0.3) is 5.57 Å². The Morgan fingerprint density at radius 3 is 2.74 bits per heavy atom. The Bertz CT molecular complexity index is 824. The number of halogens is 2. The molecular weight excluding hydrogens is 362 g/mol. The van der Waals surface area contributed by atoms with Gasteiger partial charge in [-0.3, -0.25) is 9.59 Å². The summed E-state index contributed by atoms with van der Waals surface area (Å²) in [5, 5.41) is 2.52. The second-order valence-corrected chi connectivity index (χ2v) is 6.25. The molecule has 2 aliphatic rings. The summed E-state index contributed by atoms with van der Waals surface area (Å²) in [4.78, 5) is 35.6. The van der Waals surface area contributed by atoms with Gasteiger partial charge in [-0.1, -0.05) is 6.08 Å². The molecule has 1 fully saturated rings. The van der Waals surface area contributed by atoms with E-state index in [4.69, 9.17) is 9.47 Å². The van der Waals surface area contributed by atoms with Crippen molar-refractivity contribution in [2.24, 2.45) is 0 Å². The summed E-state index contributed by atoms with van der Waals surface area (Å²) in [6, 6.07) is 1.31. The summed E-state index contributed by atoms with van der Waals surface area (Å²) in [5.74, 6) is -2.38. The van der Waals surface area contributed by atoms with Crippen molar-refractivity contribution >= 4 is 23.5 Å². The van der Waals surface area contributed by atoms with Crippen LogP contribution >= 0.6 is 0 Å². The summed E-state index contributed by atoms with van der Waals surface area (Å²) < 4.78 is 37.8. The predicted molar refractivity (Wildman–Crippen MR) is 89.4 cm³/mol. The minimum absolute atomic E-state index is 0.0188. The molecule has 1 saturated heterocycles. The molecular formula is C18H18F2N2O5. The first-order chi connectivity index (χ1) is 12.8. The Hall–Kier alpha value is -2.97. The summed E-state index contributed by atoms with van der Waals surface area (Å²) in [5.41, 5.74) is 1.11. The molecule has 2 heterocycles. The molecule has 2 amide bonds. The zero-order valence-corrected chi connectivity index (χ0v) is 14.6. The van der Waals surface area contributed by atoms with E-state index in [1.807, 2.05) is 0 Å². The summed E-state index contributed by atoms with van der Waals surface area (Å²) in [6.45, 7) is 1.36. The average Bonchev–Trinajstić information content (AvgIpc) is 3.05. The molecule has 1 N–H and O–H groups in total. The number of ether oxygens (including phenoxy) is 2. The highest BCUT2D eigenvalue weighted by Gasteiger charge is 2.30. The van der Waals surface area contributed by atoms with E-state index >= 15 is 0 Å². The zero-order valence-electron chi connectivity index (χ0n) is 14.6. The lowest BCUT2D eigenvalue weighted by Gasteiger charge is -2.28. The zero-order chi connectivity index (χ0) is 19.6. The first-order valence-electron chi connectivity index (χ1n) is 8.38. The maximum Gasteiger partial charge on any atom is 0.407 e. The minimum Gasteiger partial charge on any atom is -0.456 e. The number of rotatable bonds is 4. The van der Waals surface area contributed by atoms with Crippen LogP contribution in [0.2, 0.25) is 0 Å². The van der Waals surface area contributed by atoms with Crippen LogP contribution in [0, 0.1) is 11.6 Å². The normalized spacial score (nSPS) is 19.2. The minimum atomic E-state index is -0.748. The molecule has 3 rings (SSSR count). The van der Waals surface area contributed by atoms with Crippen LogP contribution in [-0.4, -0.2) is 49.2 Å². The van der Waals surface area contributed by atoms with Gasteiger partial charge in [0.2, 0.25) is 0 Å². The number of cyclic esters (lactones) is 1. The molecule has 2 aliphatic heterocycles. The van der Waals surface area contributed by atoms with Gasteiger partial charge in [-0.25, -0.2) is 13.6 Å². The number of carbonyl (C=O) groups excluding carboxylic acids is 3. The highest BCUT2D eigenvalue weighted by molar-refractivity contribution is 5.82. The van der Waals surface area contributed by atoms with E-state index in [0.29, 0.717) is 24.1 Å². The largest absolute Gasteiger partial charge is 0.456 e. The summed E-state index contributed by atoms with van der Waals surface area (Å²) >= 11 is 0. The third kappa shape index (κ3) is 4.24. The number of hydrogen-bond donors (Lipinski definition) is 1. The molecule has 27 heavy (non-hydrogen) atoms. The molecule has 9 heteroatoms. The number of esters is 1. The van der Waals surface area contributed by atoms with Gasteiger partial charge in [0.25, 0.3) is 5.91 Å². The van der Waals surface area contributed by atoms with Gasteiger partial charge in [0.05, 0.1) is 6.04 Å². The number of carbonyl (C=O) groups is 3. The number of alkyl carbamates (subject to hydrolysis) is 1. The molecule has 1 unspecified atom stereocenters. The van der Waals surface area contributed by atoms with Crippen molar-refractivity contribution in [2.75, 3.05) is 26.3 Å². The molecule has 7 nitrogen and oxygen atoms in total. The van der Waals surface area contributed by atoms with Gasteiger partial charge < -0.3 is 19.7 Å². The Balaban J connectivity index is 1.81. The monoisotopic (exact) mass is 380 g/mol. The van der Waals surface area contributed by atoms with Crippen molar-refractivity contribution in [3.63, 3.8) is 0 Å². The van der Waals surface area contributed by atoms with Crippen LogP contribution < -0.4 is 5.32 Å². The number of benzene rings is 1. The SMILES string of the molecule is CC(=O)OCC(=O)N1CC=C(c2c(F)cc(F)cc2C2COC(=O)N2)CC1. The lowest BCUT2D eigenvalue weighted by Crippen LogP contribution is -2.37. The molecule has 0 aliphatic carbocycles. The van der Waals surface area contributed by atoms with Gasteiger partial charge in [-0.05, 0) is 23.6 Å². The van der Waals surface area contributed by atoms with Gasteiger partial charge in [0.15, 0.2) is 6.61 Å². The second-order valence-electron chi connectivity index (χ2n) is 6.25. The average molecular weight is 380 g/mol. The van der Waals surface area contributed by atoms with E-state index in [2.05, 4.69) is 5.32 Å². The molecule has 0 radical (unpaired) electrons. The fraction of sp³-hybridized carbons (Fsp3) is 0.389. The number of nitrogens with zero attached hydrogens (tertiary/aromatic N) is 1. The first-order valence-corrected chi connectivity index (χ1v) is 8.38. The topological polar surface area (TPSA) is 84.9 Å². The molecule has 0 spiro atoms. The number of amides is 2. The van der Waals surface area contributed by atoms with Gasteiger partial charge in [0.1, 0.15) is 18.2 Å². The Labute approximate surface area is 153 Å².